The predicted octanol–water partition coefficient (Wildman–Crippen LogP) is 1.25. The maximum Gasteiger partial charge on any atom is 0.408 e. The molecule has 0 aromatic carbocycles. The Labute approximate surface area is 97.3 Å². The number of ether oxygens (including phenoxy) is 1. The monoisotopic (exact) mass is 243 g/mol. The average Bonchev–Trinajstić information content (AvgIpc) is 2.64. The number of hydrogen-bond donors (Lipinski definition) is 1. The van der Waals surface area contributed by atoms with Crippen LogP contribution >= 0.6 is 11.7 Å². The molecule has 0 aliphatic heterocycles. The van der Waals surface area contributed by atoms with E-state index in [9.17, 15) is 9.59 Å². The van der Waals surface area contributed by atoms with Crippen LogP contribution in [-0.2, 0) is 4.74 Å². The van der Waals surface area contributed by atoms with Gasteiger partial charge in [-0.15, -0.1) is 0 Å². The largest absolute Gasteiger partial charge is 0.444 e. The molecule has 88 valence electrons. The number of carbonyl (C=O) groups excluding carboxylic acids is 2. The van der Waals surface area contributed by atoms with E-state index in [0.29, 0.717) is 0 Å². The third kappa shape index (κ3) is 4.35. The number of ketones is 1. The molecule has 0 atom stereocenters. The number of alkyl carbamates (subject to hydrolysis) is 1. The summed E-state index contributed by atoms with van der Waals surface area (Å²) in [6, 6.07) is 0. The van der Waals surface area contributed by atoms with Crippen LogP contribution in [0.3, 0.4) is 0 Å². The van der Waals surface area contributed by atoms with E-state index < -0.39 is 11.7 Å². The average molecular weight is 243 g/mol. The van der Waals surface area contributed by atoms with Crippen molar-refractivity contribution in [2.24, 2.45) is 0 Å². The molecule has 0 saturated carbocycles. The van der Waals surface area contributed by atoms with E-state index in [1.165, 1.54) is 6.20 Å². The highest BCUT2D eigenvalue weighted by Crippen LogP contribution is 2.06. The molecule has 16 heavy (non-hydrogen) atoms. The second kappa shape index (κ2) is 5.02. The Balaban J connectivity index is 2.35. The highest BCUT2D eigenvalue weighted by atomic mass is 32.1. The lowest BCUT2D eigenvalue weighted by Gasteiger charge is -2.19. The summed E-state index contributed by atoms with van der Waals surface area (Å²) in [5.74, 6) is -0.292. The normalized spacial score (nSPS) is 10.9. The Morgan fingerprint density at radius 1 is 1.50 bits per heavy atom. The van der Waals surface area contributed by atoms with Gasteiger partial charge >= 0.3 is 6.09 Å². The van der Waals surface area contributed by atoms with Gasteiger partial charge < -0.3 is 10.1 Å². The molecular formula is C9H13N3O3S. The van der Waals surface area contributed by atoms with Crippen molar-refractivity contribution in [2.75, 3.05) is 6.54 Å². The van der Waals surface area contributed by atoms with E-state index in [0.717, 1.165) is 11.7 Å². The van der Waals surface area contributed by atoms with Crippen LogP contribution in [0.25, 0.3) is 0 Å². The third-order valence-corrected chi connectivity index (χ3v) is 1.92. The molecule has 1 N–H and O–H groups in total. The molecule has 1 rings (SSSR count). The van der Waals surface area contributed by atoms with Crippen molar-refractivity contribution in [1.29, 1.82) is 0 Å². The highest BCUT2D eigenvalue weighted by molar-refractivity contribution is 6.99. The van der Waals surface area contributed by atoms with Crippen molar-refractivity contribution < 1.29 is 14.3 Å². The van der Waals surface area contributed by atoms with Crippen LogP contribution in [0.1, 0.15) is 31.3 Å². The molecule has 1 heterocycles. The van der Waals surface area contributed by atoms with Gasteiger partial charge in [0.1, 0.15) is 11.3 Å². The number of hydrogen-bond acceptors (Lipinski definition) is 6. The van der Waals surface area contributed by atoms with Crippen LogP contribution in [-0.4, -0.2) is 32.8 Å². The molecule has 7 heteroatoms. The van der Waals surface area contributed by atoms with Gasteiger partial charge in [-0.2, -0.15) is 8.75 Å². The molecule has 0 unspecified atom stereocenters. The van der Waals surface area contributed by atoms with Gasteiger partial charge in [0.2, 0.25) is 5.78 Å². The molecule has 6 nitrogen and oxygen atoms in total. The summed E-state index contributed by atoms with van der Waals surface area (Å²) in [5.41, 5.74) is -0.323. The van der Waals surface area contributed by atoms with E-state index in [1.807, 2.05) is 0 Å². The number of Topliss-reactive ketones (excluding diaryl/α,β-unsaturated/α-hetero) is 1. The van der Waals surface area contributed by atoms with E-state index in [2.05, 4.69) is 14.1 Å². The van der Waals surface area contributed by atoms with Crippen molar-refractivity contribution in [3.63, 3.8) is 0 Å². The second-order valence-corrected chi connectivity index (χ2v) is 4.63. The number of nitrogens with one attached hydrogen (secondary N) is 1. The summed E-state index contributed by atoms with van der Waals surface area (Å²) in [7, 11) is 0. The number of aromatic nitrogens is 2. The van der Waals surface area contributed by atoms with Crippen LogP contribution in [0.4, 0.5) is 4.79 Å². The Bertz CT molecular complexity index is 370. The number of rotatable bonds is 3. The third-order valence-electron chi connectivity index (χ3n) is 1.44. The summed E-state index contributed by atoms with van der Waals surface area (Å²) in [6.07, 6.45) is 0.744. The Kier molecular flexibility index (Phi) is 3.94. The molecule has 1 aromatic heterocycles. The molecule has 0 fully saturated rings. The fourth-order valence-electron chi connectivity index (χ4n) is 0.845. The first kappa shape index (κ1) is 12.6. The topological polar surface area (TPSA) is 81.2 Å². The van der Waals surface area contributed by atoms with E-state index >= 15 is 0 Å². The smallest absolute Gasteiger partial charge is 0.408 e. The Morgan fingerprint density at radius 2 is 2.19 bits per heavy atom. The highest BCUT2D eigenvalue weighted by Gasteiger charge is 2.17. The molecule has 0 spiro atoms. The summed E-state index contributed by atoms with van der Waals surface area (Å²) in [5, 5.41) is 2.35. The number of carbonyl (C=O) groups is 2. The lowest BCUT2D eigenvalue weighted by molar-refractivity contribution is 0.0520. The number of amides is 1. The van der Waals surface area contributed by atoms with Crippen molar-refractivity contribution >= 4 is 23.6 Å². The Hall–Kier alpha value is -1.50. The summed E-state index contributed by atoms with van der Waals surface area (Å²) in [6.45, 7) is 5.11. The standard InChI is InChI=1S/C9H13N3O3S/c1-9(2,3)15-8(14)10-5-7(13)6-4-11-16-12-6/h4H,5H2,1-3H3,(H,10,14). The minimum atomic E-state index is -0.621. The van der Waals surface area contributed by atoms with Crippen LogP contribution < -0.4 is 5.32 Å². The lowest BCUT2D eigenvalue weighted by Crippen LogP contribution is -2.35. The summed E-state index contributed by atoms with van der Waals surface area (Å²) < 4.78 is 12.4. The fraction of sp³-hybridized carbons (Fsp3) is 0.556. The maximum atomic E-state index is 11.4. The molecule has 0 aliphatic carbocycles. The molecule has 0 radical (unpaired) electrons. The first-order valence-electron chi connectivity index (χ1n) is 4.66. The second-order valence-electron chi connectivity index (χ2n) is 4.07. The zero-order valence-electron chi connectivity index (χ0n) is 9.31. The predicted molar refractivity (Wildman–Crippen MR) is 58.5 cm³/mol. The molecule has 1 amide bonds. The molecule has 0 saturated heterocycles. The van der Waals surface area contributed by atoms with Gasteiger partial charge in [-0.25, -0.2) is 4.79 Å². The number of nitrogens with zero attached hydrogens (tertiary/aromatic N) is 2. The van der Waals surface area contributed by atoms with Gasteiger partial charge in [-0.3, -0.25) is 4.79 Å². The molecule has 1 aromatic rings. The van der Waals surface area contributed by atoms with Gasteiger partial charge in [0.15, 0.2) is 0 Å². The van der Waals surface area contributed by atoms with Gasteiger partial charge in [0.05, 0.1) is 24.5 Å². The van der Waals surface area contributed by atoms with Gasteiger partial charge in [0, 0.05) is 0 Å². The molecule has 0 bridgehead atoms. The van der Waals surface area contributed by atoms with Crippen LogP contribution in [0, 0.1) is 0 Å². The van der Waals surface area contributed by atoms with E-state index in [1.54, 1.807) is 20.8 Å². The van der Waals surface area contributed by atoms with E-state index in [-0.39, 0.29) is 18.0 Å². The lowest BCUT2D eigenvalue weighted by atomic mass is 10.2. The van der Waals surface area contributed by atoms with E-state index in [4.69, 9.17) is 4.74 Å². The van der Waals surface area contributed by atoms with Gasteiger partial charge in [-0.05, 0) is 20.8 Å². The fourth-order valence-corrected chi connectivity index (χ4v) is 1.28. The van der Waals surface area contributed by atoms with Crippen LogP contribution in [0.2, 0.25) is 0 Å². The van der Waals surface area contributed by atoms with Crippen LogP contribution in [0.15, 0.2) is 6.20 Å². The van der Waals surface area contributed by atoms with Crippen molar-refractivity contribution in [3.05, 3.63) is 11.9 Å². The first-order valence-corrected chi connectivity index (χ1v) is 5.39. The maximum absolute atomic E-state index is 11.4. The van der Waals surface area contributed by atoms with Crippen LogP contribution in [0.5, 0.6) is 0 Å². The van der Waals surface area contributed by atoms with Crippen molar-refractivity contribution in [3.8, 4) is 0 Å². The van der Waals surface area contributed by atoms with Crippen molar-refractivity contribution in [2.45, 2.75) is 26.4 Å². The van der Waals surface area contributed by atoms with Gasteiger partial charge in [0.25, 0.3) is 0 Å². The first-order chi connectivity index (χ1) is 7.38. The van der Waals surface area contributed by atoms with Crippen molar-refractivity contribution in [1.82, 2.24) is 14.1 Å². The zero-order valence-corrected chi connectivity index (χ0v) is 10.1. The zero-order chi connectivity index (χ0) is 12.2. The van der Waals surface area contributed by atoms with Gasteiger partial charge in [-0.1, -0.05) is 0 Å². The quantitative estimate of drug-likeness (QED) is 0.808. The molecule has 0 aliphatic rings. The Morgan fingerprint density at radius 3 is 2.69 bits per heavy atom. The summed E-state index contributed by atoms with van der Waals surface area (Å²) >= 11 is 0.947. The minimum absolute atomic E-state index is 0.139. The molecular weight excluding hydrogens is 230 g/mol. The minimum Gasteiger partial charge on any atom is -0.444 e. The SMILES string of the molecule is CC(C)(C)OC(=O)NCC(=O)c1cnsn1. The summed E-state index contributed by atoms with van der Waals surface area (Å²) in [4.78, 5) is 22.6.